The van der Waals surface area contributed by atoms with Crippen LogP contribution < -0.4 is 5.73 Å². The Kier molecular flexibility index (Phi) is 4.45. The summed E-state index contributed by atoms with van der Waals surface area (Å²) in [6.45, 7) is 6.32. The average Bonchev–Trinajstić information content (AvgIpc) is 2.94. The first-order valence-electron chi connectivity index (χ1n) is 7.54. The molecule has 4 nitrogen and oxygen atoms in total. The third-order valence-corrected chi connectivity index (χ3v) is 4.96. The highest BCUT2D eigenvalue weighted by Gasteiger charge is 2.22. The number of hydrogen-bond acceptors (Lipinski definition) is 4. The number of benzene rings is 1. The molecule has 1 amide bonds. The van der Waals surface area contributed by atoms with Crippen LogP contribution in [-0.4, -0.2) is 41.9 Å². The van der Waals surface area contributed by atoms with E-state index in [1.807, 2.05) is 42.2 Å². The molecule has 0 unspecified atom stereocenters. The maximum absolute atomic E-state index is 12.4. The molecule has 2 heterocycles. The molecule has 2 N–H and O–H groups in total. The van der Waals surface area contributed by atoms with Crippen molar-refractivity contribution in [3.8, 4) is 0 Å². The minimum atomic E-state index is 0.168. The molecule has 1 aromatic heterocycles. The van der Waals surface area contributed by atoms with Crippen LogP contribution in [-0.2, 0) is 6.54 Å². The quantitative estimate of drug-likeness (QED) is 0.886. The van der Waals surface area contributed by atoms with Gasteiger partial charge in [0.1, 0.15) is 0 Å². The van der Waals surface area contributed by atoms with Gasteiger partial charge in [0.25, 0.3) is 5.91 Å². The van der Waals surface area contributed by atoms with Crippen molar-refractivity contribution in [2.75, 3.05) is 31.9 Å². The van der Waals surface area contributed by atoms with Gasteiger partial charge in [0.05, 0.1) is 4.88 Å². The van der Waals surface area contributed by atoms with Gasteiger partial charge < -0.3 is 10.6 Å². The number of amides is 1. The summed E-state index contributed by atoms with van der Waals surface area (Å²) in [6.07, 6.45) is 0. The molecule has 1 aromatic carbocycles. The number of carbonyl (C=O) groups is 1. The summed E-state index contributed by atoms with van der Waals surface area (Å²) in [4.78, 5) is 18.8. The van der Waals surface area contributed by atoms with Gasteiger partial charge in [0.15, 0.2) is 0 Å². The number of nitrogen functional groups attached to an aromatic ring is 1. The number of aryl methyl sites for hydroxylation is 1. The fourth-order valence-electron chi connectivity index (χ4n) is 2.76. The smallest absolute Gasteiger partial charge is 0.264 e. The lowest BCUT2D eigenvalue weighted by Crippen LogP contribution is -2.48. The van der Waals surface area contributed by atoms with E-state index in [2.05, 4.69) is 11.0 Å². The van der Waals surface area contributed by atoms with Crippen LogP contribution in [0.1, 0.15) is 20.1 Å². The van der Waals surface area contributed by atoms with Crippen LogP contribution in [0.3, 0.4) is 0 Å². The lowest BCUT2D eigenvalue weighted by atomic mass is 10.1. The first kappa shape index (κ1) is 15.1. The largest absolute Gasteiger partial charge is 0.399 e. The van der Waals surface area contributed by atoms with Gasteiger partial charge in [-0.2, -0.15) is 0 Å². The van der Waals surface area contributed by atoms with Crippen molar-refractivity contribution in [1.29, 1.82) is 0 Å². The Balaban J connectivity index is 1.55. The summed E-state index contributed by atoms with van der Waals surface area (Å²) >= 11 is 1.58. The van der Waals surface area contributed by atoms with Crippen LogP contribution in [0.15, 0.2) is 36.4 Å². The molecule has 1 saturated heterocycles. The van der Waals surface area contributed by atoms with E-state index < -0.39 is 0 Å². The second kappa shape index (κ2) is 6.50. The Hall–Kier alpha value is -1.85. The van der Waals surface area contributed by atoms with Crippen LogP contribution in [0.25, 0.3) is 0 Å². The summed E-state index contributed by atoms with van der Waals surface area (Å²) in [7, 11) is 0. The molecule has 1 aliphatic heterocycles. The van der Waals surface area contributed by atoms with Crippen LogP contribution in [0.4, 0.5) is 5.69 Å². The zero-order chi connectivity index (χ0) is 15.5. The number of carbonyl (C=O) groups excluding carboxylic acids is 1. The molecule has 0 spiro atoms. The highest BCUT2D eigenvalue weighted by atomic mass is 32.1. The van der Waals surface area contributed by atoms with Crippen LogP contribution in [0.5, 0.6) is 0 Å². The van der Waals surface area contributed by atoms with E-state index in [0.717, 1.165) is 43.3 Å². The van der Waals surface area contributed by atoms with E-state index in [1.165, 1.54) is 10.4 Å². The fraction of sp³-hybridized carbons (Fsp3) is 0.353. The van der Waals surface area contributed by atoms with E-state index in [9.17, 15) is 4.79 Å². The molecule has 2 aromatic rings. The molecule has 1 aliphatic rings. The first-order chi connectivity index (χ1) is 10.6. The van der Waals surface area contributed by atoms with Gasteiger partial charge in [0.2, 0.25) is 0 Å². The van der Waals surface area contributed by atoms with Gasteiger partial charge in [-0.25, -0.2) is 0 Å². The number of nitrogens with two attached hydrogens (primary N) is 1. The molecule has 0 aliphatic carbocycles. The highest BCUT2D eigenvalue weighted by molar-refractivity contribution is 7.13. The second-order valence-electron chi connectivity index (χ2n) is 5.72. The van der Waals surface area contributed by atoms with Gasteiger partial charge >= 0.3 is 0 Å². The summed E-state index contributed by atoms with van der Waals surface area (Å²) in [5.41, 5.74) is 7.86. The zero-order valence-electron chi connectivity index (χ0n) is 12.8. The molecule has 0 bridgehead atoms. The molecule has 0 radical (unpaired) electrons. The summed E-state index contributed by atoms with van der Waals surface area (Å²) in [5.74, 6) is 0.168. The number of rotatable bonds is 3. The normalized spacial score (nSPS) is 16.0. The van der Waals surface area contributed by atoms with Crippen molar-refractivity contribution >= 4 is 22.9 Å². The number of anilines is 1. The Morgan fingerprint density at radius 2 is 1.95 bits per heavy atom. The van der Waals surface area contributed by atoms with E-state index in [-0.39, 0.29) is 5.91 Å². The Morgan fingerprint density at radius 1 is 1.18 bits per heavy atom. The third kappa shape index (κ3) is 3.48. The number of piperazine rings is 1. The molecule has 116 valence electrons. The third-order valence-electron chi connectivity index (χ3n) is 3.97. The van der Waals surface area contributed by atoms with E-state index in [0.29, 0.717) is 0 Å². The van der Waals surface area contributed by atoms with Crippen molar-refractivity contribution in [3.05, 3.63) is 51.7 Å². The average molecular weight is 315 g/mol. The summed E-state index contributed by atoms with van der Waals surface area (Å²) in [5, 5.41) is 0. The van der Waals surface area contributed by atoms with Crippen molar-refractivity contribution in [2.45, 2.75) is 13.5 Å². The maximum atomic E-state index is 12.4. The van der Waals surface area contributed by atoms with E-state index in [4.69, 9.17) is 5.73 Å². The van der Waals surface area contributed by atoms with Gasteiger partial charge in [-0.3, -0.25) is 9.69 Å². The monoisotopic (exact) mass is 315 g/mol. The van der Waals surface area contributed by atoms with Crippen molar-refractivity contribution in [3.63, 3.8) is 0 Å². The van der Waals surface area contributed by atoms with Gasteiger partial charge in [-0.15, -0.1) is 11.3 Å². The zero-order valence-corrected chi connectivity index (χ0v) is 13.6. The maximum Gasteiger partial charge on any atom is 0.264 e. The fourth-order valence-corrected chi connectivity index (χ4v) is 3.60. The second-order valence-corrected chi connectivity index (χ2v) is 7.01. The molecule has 3 rings (SSSR count). The van der Waals surface area contributed by atoms with Crippen molar-refractivity contribution < 1.29 is 4.79 Å². The minimum Gasteiger partial charge on any atom is -0.399 e. The minimum absolute atomic E-state index is 0.168. The molecule has 1 fully saturated rings. The SMILES string of the molecule is Cc1ccc(C(=O)N2CCN(Cc3cccc(N)c3)CC2)s1. The number of hydrogen-bond donors (Lipinski definition) is 1. The van der Waals surface area contributed by atoms with Crippen LogP contribution in [0.2, 0.25) is 0 Å². The molecular formula is C17H21N3OS. The Labute approximate surface area is 135 Å². The molecule has 0 atom stereocenters. The van der Waals surface area contributed by atoms with Crippen LogP contribution >= 0.6 is 11.3 Å². The number of thiophene rings is 1. The van der Waals surface area contributed by atoms with Crippen molar-refractivity contribution in [2.24, 2.45) is 0 Å². The topological polar surface area (TPSA) is 49.6 Å². The van der Waals surface area contributed by atoms with E-state index >= 15 is 0 Å². The Morgan fingerprint density at radius 3 is 2.59 bits per heavy atom. The standard InChI is InChI=1S/C17H21N3OS/c1-13-5-6-16(22-13)17(21)20-9-7-19(8-10-20)12-14-3-2-4-15(18)11-14/h2-6,11H,7-10,12,18H2,1H3. The van der Waals surface area contributed by atoms with E-state index in [1.54, 1.807) is 11.3 Å². The summed E-state index contributed by atoms with van der Waals surface area (Å²) < 4.78 is 0. The lowest BCUT2D eigenvalue weighted by molar-refractivity contribution is 0.0633. The predicted molar refractivity (Wildman–Crippen MR) is 91.1 cm³/mol. The molecule has 0 saturated carbocycles. The highest BCUT2D eigenvalue weighted by Crippen LogP contribution is 2.19. The molecule has 5 heteroatoms. The van der Waals surface area contributed by atoms with Crippen molar-refractivity contribution in [1.82, 2.24) is 9.80 Å². The van der Waals surface area contributed by atoms with Gasteiger partial charge in [-0.1, -0.05) is 12.1 Å². The van der Waals surface area contributed by atoms with Crippen LogP contribution in [0, 0.1) is 6.92 Å². The number of nitrogens with zero attached hydrogens (tertiary/aromatic N) is 2. The van der Waals surface area contributed by atoms with Gasteiger partial charge in [-0.05, 0) is 36.8 Å². The first-order valence-corrected chi connectivity index (χ1v) is 8.36. The summed E-state index contributed by atoms with van der Waals surface area (Å²) in [6, 6.07) is 12.0. The predicted octanol–water partition coefficient (Wildman–Crippen LogP) is 2.60. The lowest BCUT2D eigenvalue weighted by Gasteiger charge is -2.34. The molecule has 22 heavy (non-hydrogen) atoms. The Bertz CT molecular complexity index is 659. The van der Waals surface area contributed by atoms with Gasteiger partial charge in [0, 0.05) is 43.3 Å². The molecular weight excluding hydrogens is 294 g/mol.